The monoisotopic (exact) mass is 296 g/mol. The van der Waals surface area contributed by atoms with Gasteiger partial charge in [-0.25, -0.2) is 0 Å². The van der Waals surface area contributed by atoms with Gasteiger partial charge in [-0.2, -0.15) is 16.9 Å². The van der Waals surface area contributed by atoms with Crippen LogP contribution in [0.5, 0.6) is 0 Å². The van der Waals surface area contributed by atoms with E-state index in [2.05, 4.69) is 16.6 Å². The van der Waals surface area contributed by atoms with Gasteiger partial charge in [-0.05, 0) is 49.2 Å². The third kappa shape index (κ3) is 2.74. The van der Waals surface area contributed by atoms with Gasteiger partial charge < -0.3 is 4.74 Å². The molecule has 2 aliphatic heterocycles. The minimum absolute atomic E-state index is 0.0991. The first-order chi connectivity index (χ1) is 9.74. The van der Waals surface area contributed by atoms with Crippen molar-refractivity contribution in [3.05, 3.63) is 18.0 Å². The maximum absolute atomic E-state index is 6.17. The van der Waals surface area contributed by atoms with Crippen LogP contribution < -0.4 is 11.3 Å². The van der Waals surface area contributed by atoms with Crippen molar-refractivity contribution in [2.45, 2.75) is 37.3 Å². The van der Waals surface area contributed by atoms with Gasteiger partial charge >= 0.3 is 0 Å². The van der Waals surface area contributed by atoms with Crippen molar-refractivity contribution >= 4 is 11.8 Å². The molecule has 2 saturated heterocycles. The lowest BCUT2D eigenvalue weighted by Crippen LogP contribution is -2.47. The van der Waals surface area contributed by atoms with Gasteiger partial charge in [0.05, 0.1) is 17.3 Å². The Balaban J connectivity index is 1.76. The number of thioether (sulfide) groups is 1. The van der Waals surface area contributed by atoms with Gasteiger partial charge in [0.1, 0.15) is 0 Å². The molecular weight excluding hydrogens is 272 g/mol. The Morgan fingerprint density at radius 2 is 2.35 bits per heavy atom. The van der Waals surface area contributed by atoms with Crippen molar-refractivity contribution in [3.8, 4) is 0 Å². The topological polar surface area (TPSA) is 65.1 Å². The van der Waals surface area contributed by atoms with E-state index >= 15 is 0 Å². The van der Waals surface area contributed by atoms with Gasteiger partial charge in [0.25, 0.3) is 0 Å². The fourth-order valence-corrected chi connectivity index (χ4v) is 4.83. The van der Waals surface area contributed by atoms with Crippen LogP contribution in [0, 0.1) is 5.92 Å². The van der Waals surface area contributed by atoms with E-state index in [-0.39, 0.29) is 11.6 Å². The molecule has 20 heavy (non-hydrogen) atoms. The number of hydrogen-bond donors (Lipinski definition) is 2. The van der Waals surface area contributed by atoms with Gasteiger partial charge in [-0.15, -0.1) is 0 Å². The van der Waals surface area contributed by atoms with Crippen LogP contribution in [0.25, 0.3) is 0 Å². The minimum atomic E-state index is 0.0991. The van der Waals surface area contributed by atoms with E-state index in [0.29, 0.717) is 5.92 Å². The Labute approximate surface area is 124 Å². The van der Waals surface area contributed by atoms with Crippen LogP contribution in [0.15, 0.2) is 12.3 Å². The first kappa shape index (κ1) is 14.4. The summed E-state index contributed by atoms with van der Waals surface area (Å²) in [6.45, 7) is 0.853. The highest BCUT2D eigenvalue weighted by Gasteiger charge is 2.41. The van der Waals surface area contributed by atoms with Crippen molar-refractivity contribution in [2.24, 2.45) is 18.8 Å². The number of aromatic nitrogens is 2. The first-order valence-corrected chi connectivity index (χ1v) is 8.55. The second-order valence-corrected chi connectivity index (χ2v) is 7.15. The number of aryl methyl sites for hydroxylation is 1. The second kappa shape index (κ2) is 6.05. The van der Waals surface area contributed by atoms with Crippen LogP contribution in [-0.4, -0.2) is 33.5 Å². The number of hydrazine groups is 1. The molecule has 0 aliphatic carbocycles. The third-order valence-electron chi connectivity index (χ3n) is 4.76. The van der Waals surface area contributed by atoms with Crippen molar-refractivity contribution in [1.82, 2.24) is 15.2 Å². The van der Waals surface area contributed by atoms with Gasteiger partial charge in [0, 0.05) is 19.9 Å². The number of nitrogens with zero attached hydrogens (tertiary/aromatic N) is 2. The van der Waals surface area contributed by atoms with Crippen LogP contribution in [-0.2, 0) is 11.8 Å². The molecular formula is C14H24N4OS. The highest BCUT2D eigenvalue weighted by Crippen LogP contribution is 2.43. The molecule has 1 aromatic heterocycles. The van der Waals surface area contributed by atoms with E-state index in [9.17, 15) is 0 Å². The Kier molecular flexibility index (Phi) is 4.35. The summed E-state index contributed by atoms with van der Waals surface area (Å²) in [7, 11) is 1.98. The second-order valence-electron chi connectivity index (χ2n) is 5.92. The van der Waals surface area contributed by atoms with E-state index in [4.69, 9.17) is 10.6 Å². The zero-order valence-corrected chi connectivity index (χ0v) is 12.9. The van der Waals surface area contributed by atoms with Crippen molar-refractivity contribution in [3.63, 3.8) is 0 Å². The molecule has 6 heteroatoms. The largest absolute Gasteiger partial charge is 0.375 e. The molecule has 0 saturated carbocycles. The molecule has 112 valence electrons. The normalized spacial score (nSPS) is 27.6. The lowest BCUT2D eigenvalue weighted by atomic mass is 9.78. The molecule has 0 amide bonds. The summed E-state index contributed by atoms with van der Waals surface area (Å²) in [6.07, 6.45) is 6.36. The van der Waals surface area contributed by atoms with Crippen LogP contribution in [0.3, 0.4) is 0 Å². The fraction of sp³-hybridized carbons (Fsp3) is 0.786. The summed E-state index contributed by atoms with van der Waals surface area (Å²) in [5, 5.41) is 4.27. The van der Waals surface area contributed by atoms with Gasteiger partial charge in [-0.1, -0.05) is 0 Å². The van der Waals surface area contributed by atoms with Gasteiger partial charge in [0.2, 0.25) is 0 Å². The predicted molar refractivity (Wildman–Crippen MR) is 81.2 cm³/mol. The van der Waals surface area contributed by atoms with Gasteiger partial charge in [-0.3, -0.25) is 16.0 Å². The quantitative estimate of drug-likeness (QED) is 0.655. The maximum atomic E-state index is 6.17. The molecule has 5 nitrogen and oxygen atoms in total. The smallest absolute Gasteiger partial charge is 0.0701 e. The maximum Gasteiger partial charge on any atom is 0.0701 e. The summed E-state index contributed by atoms with van der Waals surface area (Å²) in [5.74, 6) is 8.81. The number of ether oxygens (including phenoxy) is 1. The summed E-state index contributed by atoms with van der Waals surface area (Å²) >= 11 is 2.04. The van der Waals surface area contributed by atoms with Crippen molar-refractivity contribution < 1.29 is 4.74 Å². The van der Waals surface area contributed by atoms with E-state index < -0.39 is 0 Å². The SMILES string of the molecule is Cn1nccc1C(NN)C1CCOC2(CCSCC2)C1. The highest BCUT2D eigenvalue weighted by molar-refractivity contribution is 7.99. The van der Waals surface area contributed by atoms with Crippen LogP contribution >= 0.6 is 11.8 Å². The zero-order chi connectivity index (χ0) is 14.0. The molecule has 2 unspecified atom stereocenters. The first-order valence-electron chi connectivity index (χ1n) is 7.40. The Morgan fingerprint density at radius 1 is 1.55 bits per heavy atom. The molecule has 3 rings (SSSR count). The summed E-state index contributed by atoms with van der Waals surface area (Å²) in [5.41, 5.74) is 4.28. The molecule has 2 atom stereocenters. The summed E-state index contributed by atoms with van der Waals surface area (Å²) in [4.78, 5) is 0. The molecule has 3 heterocycles. The van der Waals surface area contributed by atoms with E-state index in [1.54, 1.807) is 0 Å². The Hall–Kier alpha value is -0.560. The van der Waals surface area contributed by atoms with Crippen molar-refractivity contribution in [1.29, 1.82) is 0 Å². The van der Waals surface area contributed by atoms with Gasteiger partial charge in [0.15, 0.2) is 0 Å². The molecule has 2 fully saturated rings. The lowest BCUT2D eigenvalue weighted by Gasteiger charge is -2.45. The summed E-state index contributed by atoms with van der Waals surface area (Å²) in [6, 6.07) is 2.22. The van der Waals surface area contributed by atoms with Crippen LogP contribution in [0.2, 0.25) is 0 Å². The number of nitrogens with one attached hydrogen (secondary N) is 1. The number of nitrogens with two attached hydrogens (primary N) is 1. The Bertz CT molecular complexity index is 439. The fourth-order valence-electron chi connectivity index (χ4n) is 3.59. The summed E-state index contributed by atoms with van der Waals surface area (Å²) < 4.78 is 8.09. The van der Waals surface area contributed by atoms with E-state index in [1.807, 2.05) is 29.7 Å². The molecule has 3 N–H and O–H groups in total. The van der Waals surface area contributed by atoms with E-state index in [0.717, 1.165) is 19.4 Å². The van der Waals surface area contributed by atoms with Crippen LogP contribution in [0.4, 0.5) is 0 Å². The molecule has 0 bridgehead atoms. The average molecular weight is 296 g/mol. The molecule has 0 radical (unpaired) electrons. The standard InChI is InChI=1S/C14H24N4OS/c1-18-12(2-6-16-18)13(17-15)11-3-7-19-14(10-11)4-8-20-9-5-14/h2,6,11,13,17H,3-5,7-10,15H2,1H3. The van der Waals surface area contributed by atoms with Crippen LogP contribution in [0.1, 0.15) is 37.4 Å². The number of hydrogen-bond acceptors (Lipinski definition) is 5. The lowest BCUT2D eigenvalue weighted by molar-refractivity contribution is -0.107. The molecule has 2 aliphatic rings. The van der Waals surface area contributed by atoms with E-state index in [1.165, 1.54) is 30.0 Å². The highest BCUT2D eigenvalue weighted by atomic mass is 32.2. The average Bonchev–Trinajstić information content (AvgIpc) is 2.87. The van der Waals surface area contributed by atoms with Crippen molar-refractivity contribution in [2.75, 3.05) is 18.1 Å². The minimum Gasteiger partial charge on any atom is -0.375 e. The third-order valence-corrected chi connectivity index (χ3v) is 5.75. The molecule has 1 spiro atoms. The molecule has 0 aromatic carbocycles. The number of rotatable bonds is 3. The predicted octanol–water partition coefficient (Wildman–Crippen LogP) is 1.62. The Morgan fingerprint density at radius 3 is 3.00 bits per heavy atom. The zero-order valence-electron chi connectivity index (χ0n) is 12.0. The molecule has 1 aromatic rings.